The largest absolute Gasteiger partial charge is 0.345 e. The molecule has 0 atom stereocenters. The molecule has 0 radical (unpaired) electrons. The fourth-order valence-electron chi connectivity index (χ4n) is 7.39. The molecule has 0 unspecified atom stereocenters. The first-order valence-electron chi connectivity index (χ1n) is 15.0. The summed E-state index contributed by atoms with van der Waals surface area (Å²) < 4.78 is 3.48. The fourth-order valence-corrected chi connectivity index (χ4v) is 25.8. The summed E-state index contributed by atoms with van der Waals surface area (Å²) in [6.45, 7) is 34.0. The molecule has 200 valence electrons. The van der Waals surface area contributed by atoms with Crippen LogP contribution in [0.4, 0.5) is 0 Å². The molecule has 0 saturated heterocycles. The van der Waals surface area contributed by atoms with Crippen LogP contribution in [0.1, 0.15) is 116 Å². The minimum absolute atomic E-state index is 0.816. The Hall–Kier alpha value is 0.394. The van der Waals surface area contributed by atoms with E-state index in [-0.39, 0.29) is 0 Å². The van der Waals surface area contributed by atoms with Gasteiger partial charge in [0.05, 0.1) is 0 Å². The summed E-state index contributed by atoms with van der Waals surface area (Å²) >= 11 is 0. The summed E-state index contributed by atoms with van der Waals surface area (Å²) in [5.41, 5.74) is 0. The van der Waals surface area contributed by atoms with Gasteiger partial charge in [-0.3, -0.25) is 0 Å². The third-order valence-electron chi connectivity index (χ3n) is 7.11. The molecule has 0 spiro atoms. The van der Waals surface area contributed by atoms with Gasteiger partial charge in [-0.15, -0.1) is 0 Å². The van der Waals surface area contributed by atoms with Crippen LogP contribution in [0.15, 0.2) is 0 Å². The smallest absolute Gasteiger partial charge is 0.122 e. The average Bonchev–Trinajstić information content (AvgIpc) is 2.57. The van der Waals surface area contributed by atoms with Gasteiger partial charge in [0.2, 0.25) is 0 Å². The van der Waals surface area contributed by atoms with Gasteiger partial charge in [0.25, 0.3) is 0 Å². The van der Waals surface area contributed by atoms with E-state index in [0.717, 1.165) is 35.5 Å². The summed E-state index contributed by atoms with van der Waals surface area (Å²) in [6.07, 6.45) is 5.62. The maximum atomic E-state index is 3.48. The van der Waals surface area contributed by atoms with Gasteiger partial charge in [-0.1, -0.05) is 109 Å². The van der Waals surface area contributed by atoms with Crippen molar-refractivity contribution in [3.05, 3.63) is 0 Å². The van der Waals surface area contributed by atoms with E-state index in [9.17, 15) is 0 Å². The van der Waals surface area contributed by atoms with Crippen LogP contribution in [-0.2, 0) is 0 Å². The normalized spacial score (nSPS) is 13.8. The number of hydrogen-bond acceptors (Lipinski definition) is 1. The van der Waals surface area contributed by atoms with Crippen molar-refractivity contribution in [2.75, 3.05) is 6.54 Å². The lowest BCUT2D eigenvalue weighted by molar-refractivity contribution is 0.467. The van der Waals surface area contributed by atoms with Gasteiger partial charge < -0.3 is 4.23 Å². The molecule has 0 aliphatic carbocycles. The Labute approximate surface area is 214 Å². The topological polar surface area (TPSA) is 3.24 Å². The summed E-state index contributed by atoms with van der Waals surface area (Å²) in [4.78, 5) is 0. The van der Waals surface area contributed by atoms with E-state index >= 15 is 0 Å². The molecular weight excluding hydrogens is 431 g/mol. The molecule has 0 heterocycles. The second-order valence-electron chi connectivity index (χ2n) is 14.2. The maximum absolute atomic E-state index is 3.48. The minimum atomic E-state index is -1.62. The molecule has 3 heteroatoms. The van der Waals surface area contributed by atoms with E-state index in [1.165, 1.54) is 68.5 Å². The van der Waals surface area contributed by atoms with Gasteiger partial charge in [-0.05, 0) is 84.7 Å². The van der Waals surface area contributed by atoms with E-state index in [0.29, 0.717) is 0 Å². The number of nitrogens with zero attached hydrogens (tertiary/aromatic N) is 1. The molecule has 0 aliphatic rings. The molecule has 0 aromatic carbocycles. The maximum Gasteiger partial charge on any atom is 0.122 e. The monoisotopic (exact) mass is 497 g/mol. The molecule has 0 aliphatic heterocycles. The van der Waals surface area contributed by atoms with E-state index in [2.05, 4.69) is 94.2 Å². The molecule has 33 heavy (non-hydrogen) atoms. The third-order valence-corrected chi connectivity index (χ3v) is 22.2. The van der Waals surface area contributed by atoms with Gasteiger partial charge >= 0.3 is 0 Å². The zero-order chi connectivity index (χ0) is 25.8. The summed E-state index contributed by atoms with van der Waals surface area (Å²) in [6, 6.07) is 9.08. The summed E-state index contributed by atoms with van der Waals surface area (Å²) in [5, 5.41) is 0. The quantitative estimate of drug-likeness (QED) is 0.127. The second kappa shape index (κ2) is 16.2. The van der Waals surface area contributed by atoms with Crippen LogP contribution in [0.2, 0.25) is 36.3 Å². The zero-order valence-corrected chi connectivity index (χ0v) is 27.7. The zero-order valence-electron chi connectivity index (χ0n) is 25.7. The van der Waals surface area contributed by atoms with Gasteiger partial charge in [0.15, 0.2) is 0 Å². The predicted octanol–water partition coefficient (Wildman–Crippen LogP) is 10.7. The molecule has 0 bridgehead atoms. The molecule has 0 fully saturated rings. The number of hydrogen-bond donors (Lipinski definition) is 0. The lowest BCUT2D eigenvalue weighted by Crippen LogP contribution is -2.69. The molecular formula is C30H67NSi2. The Morgan fingerprint density at radius 2 is 0.697 bits per heavy atom. The molecule has 0 rings (SSSR count). The van der Waals surface area contributed by atoms with Crippen molar-refractivity contribution in [1.82, 2.24) is 4.23 Å². The lowest BCUT2D eigenvalue weighted by atomic mass is 10.2. The van der Waals surface area contributed by atoms with Crippen LogP contribution in [-0.4, -0.2) is 27.2 Å². The number of unbranched alkanes of at least 4 members (excludes halogenated alkanes) is 3. The van der Waals surface area contributed by atoms with Crippen molar-refractivity contribution in [1.29, 1.82) is 0 Å². The predicted molar refractivity (Wildman–Crippen MR) is 160 cm³/mol. The molecule has 1 nitrogen and oxygen atoms in total. The number of rotatable bonds is 19. The Balaban J connectivity index is 6.92. The van der Waals surface area contributed by atoms with Crippen molar-refractivity contribution < 1.29 is 0 Å². The highest BCUT2D eigenvalue weighted by Crippen LogP contribution is 2.44. The van der Waals surface area contributed by atoms with Gasteiger partial charge in [-0.2, -0.15) is 0 Å². The Kier molecular flexibility index (Phi) is 16.4. The first-order valence-corrected chi connectivity index (χ1v) is 20.1. The van der Waals surface area contributed by atoms with E-state index in [1.54, 1.807) is 0 Å². The molecule has 0 N–H and O–H groups in total. The van der Waals surface area contributed by atoms with Gasteiger partial charge in [-0.25, -0.2) is 0 Å². The van der Waals surface area contributed by atoms with Crippen molar-refractivity contribution in [2.24, 2.45) is 35.5 Å². The van der Waals surface area contributed by atoms with E-state index in [1.807, 2.05) is 0 Å². The first kappa shape index (κ1) is 33.4. The van der Waals surface area contributed by atoms with E-state index < -0.39 is 16.5 Å². The highest BCUT2D eigenvalue weighted by Gasteiger charge is 2.51. The highest BCUT2D eigenvalue weighted by atomic mass is 28.4. The van der Waals surface area contributed by atoms with Crippen LogP contribution in [0.3, 0.4) is 0 Å². The highest BCUT2D eigenvalue weighted by molar-refractivity contribution is 6.93. The van der Waals surface area contributed by atoms with Gasteiger partial charge in [0, 0.05) is 0 Å². The molecule has 0 aromatic rings. The van der Waals surface area contributed by atoms with Crippen molar-refractivity contribution >= 4 is 16.5 Å². The average molecular weight is 498 g/mol. The molecule has 0 aromatic heterocycles. The Bertz CT molecular complexity index is 391. The van der Waals surface area contributed by atoms with Crippen molar-refractivity contribution in [3.8, 4) is 0 Å². The lowest BCUT2D eigenvalue weighted by Gasteiger charge is -2.57. The van der Waals surface area contributed by atoms with Crippen LogP contribution >= 0.6 is 0 Å². The van der Waals surface area contributed by atoms with Crippen LogP contribution in [0, 0.1) is 35.5 Å². The standard InChI is InChI=1S/C30H67NSi2/c1-14-15-16-17-18-31(32(19-25(2)3,20-26(4)5)21-27(6)7)33(22-28(8)9,23-29(10)11)24-30(12)13/h25-30H,14-24H2,1-13H3. The van der Waals surface area contributed by atoms with Crippen LogP contribution < -0.4 is 0 Å². The molecule has 0 amide bonds. The van der Waals surface area contributed by atoms with Gasteiger partial charge in [0.1, 0.15) is 16.5 Å². The van der Waals surface area contributed by atoms with E-state index in [4.69, 9.17) is 0 Å². The molecule has 0 saturated carbocycles. The van der Waals surface area contributed by atoms with Crippen molar-refractivity contribution in [3.63, 3.8) is 0 Å². The second-order valence-corrected chi connectivity index (χ2v) is 23.1. The minimum Gasteiger partial charge on any atom is -0.345 e. The first-order chi connectivity index (χ1) is 15.2. The Morgan fingerprint density at radius 3 is 0.909 bits per heavy atom. The summed E-state index contributed by atoms with van der Waals surface area (Å²) in [7, 11) is -3.23. The van der Waals surface area contributed by atoms with Crippen LogP contribution in [0.25, 0.3) is 0 Å². The van der Waals surface area contributed by atoms with Crippen LogP contribution in [0.5, 0.6) is 0 Å². The SMILES string of the molecule is CCCCCCN([Si](CC(C)C)(CC(C)C)CC(C)C)[Si](CC(C)C)(CC(C)C)CC(C)C. The Morgan fingerprint density at radius 1 is 0.424 bits per heavy atom. The third kappa shape index (κ3) is 12.8. The fraction of sp³-hybridized carbons (Fsp3) is 1.00. The summed E-state index contributed by atoms with van der Waals surface area (Å²) in [5.74, 6) is 4.90. The van der Waals surface area contributed by atoms with Crippen molar-refractivity contribution in [2.45, 2.75) is 152 Å².